The van der Waals surface area contributed by atoms with Crippen molar-refractivity contribution in [2.24, 2.45) is 0 Å². The van der Waals surface area contributed by atoms with Crippen LogP contribution >= 0.6 is 11.7 Å². The zero-order valence-electron chi connectivity index (χ0n) is 14.1. The number of likely N-dealkylation sites (N-methyl/N-ethyl adjacent to an activating group) is 1. The van der Waals surface area contributed by atoms with Crippen LogP contribution in [0, 0.1) is 5.82 Å². The molecule has 0 bridgehead atoms. The largest absolute Gasteiger partial charge is 0.333 e. The summed E-state index contributed by atoms with van der Waals surface area (Å²) in [4.78, 5) is 16.7. The molecule has 7 heteroatoms. The van der Waals surface area contributed by atoms with Crippen molar-refractivity contribution in [2.45, 2.75) is 6.54 Å². The van der Waals surface area contributed by atoms with Crippen LogP contribution in [0.4, 0.5) is 4.39 Å². The molecule has 0 N–H and O–H groups in total. The van der Waals surface area contributed by atoms with Crippen LogP contribution in [-0.2, 0) is 6.54 Å². The third kappa shape index (κ3) is 4.37. The van der Waals surface area contributed by atoms with Crippen LogP contribution in [0.3, 0.4) is 0 Å². The summed E-state index contributed by atoms with van der Waals surface area (Å²) in [6.07, 6.45) is 0. The Morgan fingerprint density at radius 2 is 1.88 bits per heavy atom. The molecule has 3 aromatic rings. The minimum Gasteiger partial charge on any atom is -0.333 e. The molecule has 1 heterocycles. The molecule has 0 spiro atoms. The smallest absolute Gasteiger partial charge is 0.254 e. The summed E-state index contributed by atoms with van der Waals surface area (Å²) in [5.74, 6) is -0.395. The van der Waals surface area contributed by atoms with Gasteiger partial charge in [0.25, 0.3) is 5.91 Å². The number of nitrogens with zero attached hydrogens (tertiary/aromatic N) is 4. The van der Waals surface area contributed by atoms with E-state index in [1.165, 1.54) is 12.1 Å². The predicted molar refractivity (Wildman–Crippen MR) is 97.1 cm³/mol. The molecular formula is C18H19FN4OS. The average molecular weight is 358 g/mol. The lowest BCUT2D eigenvalue weighted by Gasteiger charge is -2.24. The molecule has 0 atom stereocenters. The van der Waals surface area contributed by atoms with Gasteiger partial charge in [-0.05, 0) is 50.0 Å². The van der Waals surface area contributed by atoms with E-state index in [9.17, 15) is 9.18 Å². The van der Waals surface area contributed by atoms with Gasteiger partial charge in [0.05, 0.1) is 11.7 Å². The first-order valence-corrected chi connectivity index (χ1v) is 8.67. The van der Waals surface area contributed by atoms with Crippen molar-refractivity contribution in [1.29, 1.82) is 0 Å². The number of fused-ring (bicyclic) bond motifs is 1. The van der Waals surface area contributed by atoms with Crippen LogP contribution < -0.4 is 0 Å². The molecule has 0 radical (unpaired) electrons. The normalized spacial score (nSPS) is 11.2. The van der Waals surface area contributed by atoms with Gasteiger partial charge < -0.3 is 9.80 Å². The van der Waals surface area contributed by atoms with Gasteiger partial charge in [0.2, 0.25) is 0 Å². The Morgan fingerprint density at radius 3 is 2.64 bits per heavy atom. The van der Waals surface area contributed by atoms with Crippen LogP contribution in [0.25, 0.3) is 11.0 Å². The van der Waals surface area contributed by atoms with E-state index < -0.39 is 0 Å². The zero-order valence-corrected chi connectivity index (χ0v) is 15.0. The van der Waals surface area contributed by atoms with Gasteiger partial charge in [-0.3, -0.25) is 4.79 Å². The molecule has 0 fully saturated rings. The Kier molecular flexibility index (Phi) is 5.35. The van der Waals surface area contributed by atoms with Gasteiger partial charge in [0.15, 0.2) is 0 Å². The third-order valence-corrected chi connectivity index (χ3v) is 4.42. The standard InChI is InChI=1S/C18H19FN4OS/c1-22(2)8-9-23(12-13-4-3-5-15(19)10-13)18(24)14-6-7-16-17(11-14)21-25-20-16/h3-7,10-11H,8-9,12H2,1-2H3. The highest BCUT2D eigenvalue weighted by Crippen LogP contribution is 2.17. The van der Waals surface area contributed by atoms with Crippen molar-refractivity contribution in [3.8, 4) is 0 Å². The fourth-order valence-corrected chi connectivity index (χ4v) is 3.04. The van der Waals surface area contributed by atoms with Crippen LogP contribution in [0.1, 0.15) is 15.9 Å². The van der Waals surface area contributed by atoms with Crippen molar-refractivity contribution in [3.63, 3.8) is 0 Å². The number of hydrogen-bond donors (Lipinski definition) is 0. The Morgan fingerprint density at radius 1 is 1.08 bits per heavy atom. The first kappa shape index (κ1) is 17.4. The minimum atomic E-state index is -0.299. The van der Waals surface area contributed by atoms with Crippen molar-refractivity contribution >= 4 is 28.7 Å². The van der Waals surface area contributed by atoms with Gasteiger partial charge in [-0.25, -0.2) is 4.39 Å². The summed E-state index contributed by atoms with van der Waals surface area (Å²) in [5, 5.41) is 0. The zero-order chi connectivity index (χ0) is 17.8. The molecular weight excluding hydrogens is 339 g/mol. The van der Waals surface area contributed by atoms with Crippen molar-refractivity contribution in [3.05, 3.63) is 59.4 Å². The molecule has 1 aromatic heterocycles. The predicted octanol–water partition coefficient (Wildman–Crippen LogP) is 3.03. The van der Waals surface area contributed by atoms with Gasteiger partial charge in [-0.2, -0.15) is 8.75 Å². The Bertz CT molecular complexity index is 880. The summed E-state index contributed by atoms with van der Waals surface area (Å²) < 4.78 is 21.8. The van der Waals surface area contributed by atoms with E-state index in [0.717, 1.165) is 29.4 Å². The summed E-state index contributed by atoms with van der Waals surface area (Å²) in [5.41, 5.74) is 2.83. The molecule has 0 aliphatic carbocycles. The maximum atomic E-state index is 13.5. The topological polar surface area (TPSA) is 49.3 Å². The van der Waals surface area contributed by atoms with Gasteiger partial charge >= 0.3 is 0 Å². The lowest BCUT2D eigenvalue weighted by Crippen LogP contribution is -2.36. The van der Waals surface area contributed by atoms with E-state index in [4.69, 9.17) is 0 Å². The molecule has 0 aliphatic rings. The maximum Gasteiger partial charge on any atom is 0.254 e. The van der Waals surface area contributed by atoms with E-state index in [2.05, 4.69) is 8.75 Å². The average Bonchev–Trinajstić information content (AvgIpc) is 3.05. The highest BCUT2D eigenvalue weighted by molar-refractivity contribution is 7.00. The number of halogens is 1. The van der Waals surface area contributed by atoms with Crippen LogP contribution in [0.2, 0.25) is 0 Å². The number of carbonyl (C=O) groups is 1. The van der Waals surface area contributed by atoms with E-state index >= 15 is 0 Å². The summed E-state index contributed by atoms with van der Waals surface area (Å²) in [6.45, 7) is 1.63. The summed E-state index contributed by atoms with van der Waals surface area (Å²) >= 11 is 1.13. The van der Waals surface area contributed by atoms with Crippen LogP contribution in [0.15, 0.2) is 42.5 Å². The molecule has 3 rings (SSSR count). The number of hydrogen-bond acceptors (Lipinski definition) is 5. The molecule has 1 amide bonds. The summed E-state index contributed by atoms with van der Waals surface area (Å²) in [7, 11) is 3.91. The number of benzene rings is 2. The SMILES string of the molecule is CN(C)CCN(Cc1cccc(F)c1)C(=O)c1ccc2nsnc2c1. The van der Waals surface area contributed by atoms with Gasteiger partial charge in [-0.1, -0.05) is 12.1 Å². The molecule has 0 unspecified atom stereocenters. The molecule has 5 nitrogen and oxygen atoms in total. The Balaban J connectivity index is 1.85. The molecule has 2 aromatic carbocycles. The van der Waals surface area contributed by atoms with E-state index in [1.54, 1.807) is 29.2 Å². The number of amides is 1. The fourth-order valence-electron chi connectivity index (χ4n) is 2.53. The third-order valence-electron chi connectivity index (χ3n) is 3.87. The fraction of sp³-hybridized carbons (Fsp3) is 0.278. The first-order chi connectivity index (χ1) is 12.0. The first-order valence-electron chi connectivity index (χ1n) is 7.94. The van der Waals surface area contributed by atoms with E-state index in [0.29, 0.717) is 24.2 Å². The highest BCUT2D eigenvalue weighted by Gasteiger charge is 2.17. The number of aromatic nitrogens is 2. The second-order valence-corrected chi connectivity index (χ2v) is 6.66. The maximum absolute atomic E-state index is 13.5. The lowest BCUT2D eigenvalue weighted by atomic mass is 10.1. The highest BCUT2D eigenvalue weighted by atomic mass is 32.1. The number of carbonyl (C=O) groups excluding carboxylic acids is 1. The monoisotopic (exact) mass is 358 g/mol. The Hall–Kier alpha value is -2.38. The van der Waals surface area contributed by atoms with Crippen molar-refractivity contribution < 1.29 is 9.18 Å². The van der Waals surface area contributed by atoms with Gasteiger partial charge in [0.1, 0.15) is 16.9 Å². The lowest BCUT2D eigenvalue weighted by molar-refractivity contribution is 0.0732. The quantitative estimate of drug-likeness (QED) is 0.680. The van der Waals surface area contributed by atoms with Crippen LogP contribution in [0.5, 0.6) is 0 Å². The van der Waals surface area contributed by atoms with Gasteiger partial charge in [0, 0.05) is 25.2 Å². The molecule has 25 heavy (non-hydrogen) atoms. The second-order valence-electron chi connectivity index (χ2n) is 6.13. The second kappa shape index (κ2) is 7.67. The molecule has 0 saturated heterocycles. The van der Waals surface area contributed by atoms with E-state index in [-0.39, 0.29) is 11.7 Å². The molecule has 130 valence electrons. The molecule has 0 aliphatic heterocycles. The molecule has 0 saturated carbocycles. The van der Waals surface area contributed by atoms with Gasteiger partial charge in [-0.15, -0.1) is 0 Å². The minimum absolute atomic E-state index is 0.0963. The Labute approximate surface area is 150 Å². The van der Waals surface area contributed by atoms with Crippen molar-refractivity contribution in [2.75, 3.05) is 27.2 Å². The number of rotatable bonds is 6. The van der Waals surface area contributed by atoms with Crippen molar-refractivity contribution in [1.82, 2.24) is 18.5 Å². The van der Waals surface area contributed by atoms with E-state index in [1.807, 2.05) is 25.1 Å². The summed E-state index contributed by atoms with van der Waals surface area (Å²) in [6, 6.07) is 11.7. The van der Waals surface area contributed by atoms with Crippen LogP contribution in [-0.4, -0.2) is 51.6 Å².